The molecule has 0 radical (unpaired) electrons. The molecule has 0 fully saturated rings. The number of hydrogen-bond acceptors (Lipinski definition) is 4. The summed E-state index contributed by atoms with van der Waals surface area (Å²) in [5, 5.41) is 9.43. The monoisotopic (exact) mass is 263 g/mol. The molecule has 19 heavy (non-hydrogen) atoms. The van der Waals surface area contributed by atoms with Gasteiger partial charge in [-0.25, -0.2) is 4.98 Å². The quantitative estimate of drug-likeness (QED) is 0.858. The fourth-order valence-corrected chi connectivity index (χ4v) is 2.09. The Bertz CT molecular complexity index is 549. The number of nitrogens with zero attached hydrogens (tertiary/aromatic N) is 3. The molecule has 0 spiro atoms. The molecule has 0 atom stereocenters. The van der Waals surface area contributed by atoms with Gasteiger partial charge in [0.05, 0.1) is 17.6 Å². The van der Waals surface area contributed by atoms with E-state index in [0.717, 1.165) is 29.9 Å². The minimum atomic E-state index is -0.0495. The zero-order valence-corrected chi connectivity index (χ0v) is 11.8. The van der Waals surface area contributed by atoms with Crippen molar-refractivity contribution >= 4 is 11.0 Å². The lowest BCUT2D eigenvalue weighted by molar-refractivity contribution is 0.263. The Balaban J connectivity index is 2.37. The lowest BCUT2D eigenvalue weighted by Gasteiger charge is -2.12. The summed E-state index contributed by atoms with van der Waals surface area (Å²) in [6, 6.07) is 5.87. The Morgan fingerprint density at radius 2 is 2.16 bits per heavy atom. The van der Waals surface area contributed by atoms with Gasteiger partial charge >= 0.3 is 0 Å². The highest BCUT2D eigenvalue weighted by Gasteiger charge is 2.10. The average molecular weight is 263 g/mol. The van der Waals surface area contributed by atoms with Gasteiger partial charge in [-0.1, -0.05) is 0 Å². The first-order valence-electron chi connectivity index (χ1n) is 6.53. The van der Waals surface area contributed by atoms with Crippen LogP contribution in [0.4, 0.5) is 0 Å². The summed E-state index contributed by atoms with van der Waals surface area (Å²) >= 11 is 0. The molecule has 0 bridgehead atoms. The number of benzene rings is 1. The third-order valence-corrected chi connectivity index (χ3v) is 3.02. The summed E-state index contributed by atoms with van der Waals surface area (Å²) in [4.78, 5) is 6.58. The third-order valence-electron chi connectivity index (χ3n) is 3.02. The molecule has 1 aromatic carbocycles. The zero-order chi connectivity index (χ0) is 13.8. The Morgan fingerprint density at radius 1 is 1.37 bits per heavy atom. The van der Waals surface area contributed by atoms with Crippen LogP contribution in [-0.4, -0.2) is 46.8 Å². The molecule has 0 aliphatic carbocycles. The molecule has 0 unspecified atom stereocenters. The maximum atomic E-state index is 9.43. The molecule has 1 N–H and O–H groups in total. The standard InChI is InChI=1S/C14H21N3O2/c1-4-19-11-5-6-13-12(9-11)15-14(10-18)17(13)8-7-16(2)3/h5-6,9,18H,4,7-8,10H2,1-3H3. The van der Waals surface area contributed by atoms with Crippen molar-refractivity contribution in [3.8, 4) is 5.75 Å². The van der Waals surface area contributed by atoms with E-state index in [0.29, 0.717) is 12.4 Å². The molecule has 5 nitrogen and oxygen atoms in total. The highest BCUT2D eigenvalue weighted by molar-refractivity contribution is 5.77. The number of hydrogen-bond donors (Lipinski definition) is 1. The van der Waals surface area contributed by atoms with Gasteiger partial charge in [-0.2, -0.15) is 0 Å². The molecule has 0 aliphatic rings. The van der Waals surface area contributed by atoms with Crippen LogP contribution >= 0.6 is 0 Å². The van der Waals surface area contributed by atoms with E-state index < -0.39 is 0 Å². The van der Waals surface area contributed by atoms with Crippen LogP contribution in [0.15, 0.2) is 18.2 Å². The molecular weight excluding hydrogens is 242 g/mol. The highest BCUT2D eigenvalue weighted by atomic mass is 16.5. The van der Waals surface area contributed by atoms with Crippen molar-refractivity contribution < 1.29 is 9.84 Å². The van der Waals surface area contributed by atoms with E-state index in [1.165, 1.54) is 0 Å². The molecule has 1 aromatic heterocycles. The van der Waals surface area contributed by atoms with E-state index >= 15 is 0 Å². The summed E-state index contributed by atoms with van der Waals surface area (Å²) in [5.74, 6) is 1.52. The van der Waals surface area contributed by atoms with Crippen LogP contribution in [0.5, 0.6) is 5.75 Å². The topological polar surface area (TPSA) is 50.5 Å². The second kappa shape index (κ2) is 6.04. The van der Waals surface area contributed by atoms with E-state index in [-0.39, 0.29) is 6.61 Å². The van der Waals surface area contributed by atoms with Gasteiger partial charge in [-0.3, -0.25) is 0 Å². The highest BCUT2D eigenvalue weighted by Crippen LogP contribution is 2.22. The number of ether oxygens (including phenoxy) is 1. The molecule has 0 amide bonds. The molecule has 5 heteroatoms. The second-order valence-corrected chi connectivity index (χ2v) is 4.72. The molecule has 2 rings (SSSR count). The first-order chi connectivity index (χ1) is 9.15. The van der Waals surface area contributed by atoms with Crippen molar-refractivity contribution in [2.45, 2.75) is 20.1 Å². The summed E-state index contributed by atoms with van der Waals surface area (Å²) in [6.07, 6.45) is 0. The predicted molar refractivity (Wildman–Crippen MR) is 75.4 cm³/mol. The van der Waals surface area contributed by atoms with Crippen molar-refractivity contribution in [3.63, 3.8) is 0 Å². The van der Waals surface area contributed by atoms with Crippen molar-refractivity contribution in [2.24, 2.45) is 0 Å². The molecule has 0 aliphatic heterocycles. The van der Waals surface area contributed by atoms with Crippen molar-refractivity contribution in [1.82, 2.24) is 14.5 Å². The molecule has 0 saturated heterocycles. The van der Waals surface area contributed by atoms with Gasteiger partial charge in [0.15, 0.2) is 0 Å². The van der Waals surface area contributed by atoms with Crippen LogP contribution in [-0.2, 0) is 13.2 Å². The first-order valence-corrected chi connectivity index (χ1v) is 6.53. The van der Waals surface area contributed by atoms with E-state index in [1.54, 1.807) is 0 Å². The van der Waals surface area contributed by atoms with Gasteiger partial charge in [0.25, 0.3) is 0 Å². The number of aliphatic hydroxyl groups excluding tert-OH is 1. The van der Waals surface area contributed by atoms with E-state index in [4.69, 9.17) is 4.74 Å². The number of aliphatic hydroxyl groups is 1. The summed E-state index contributed by atoms with van der Waals surface area (Å²) in [7, 11) is 4.07. The number of fused-ring (bicyclic) bond motifs is 1. The van der Waals surface area contributed by atoms with Crippen LogP contribution in [0.1, 0.15) is 12.7 Å². The summed E-state index contributed by atoms with van der Waals surface area (Å²) in [6.45, 7) is 4.27. The van der Waals surface area contributed by atoms with Gasteiger partial charge in [-0.05, 0) is 33.2 Å². The Labute approximate surface area is 113 Å². The first kappa shape index (κ1) is 13.8. The van der Waals surface area contributed by atoms with Crippen LogP contribution < -0.4 is 4.74 Å². The van der Waals surface area contributed by atoms with Crippen LogP contribution in [0, 0.1) is 0 Å². The van der Waals surface area contributed by atoms with Crippen LogP contribution in [0.3, 0.4) is 0 Å². The van der Waals surface area contributed by atoms with Gasteiger partial charge in [-0.15, -0.1) is 0 Å². The number of aromatic nitrogens is 2. The maximum Gasteiger partial charge on any atom is 0.135 e. The second-order valence-electron chi connectivity index (χ2n) is 4.72. The Hall–Kier alpha value is -1.59. The minimum absolute atomic E-state index is 0.0495. The fraction of sp³-hybridized carbons (Fsp3) is 0.500. The van der Waals surface area contributed by atoms with Crippen molar-refractivity contribution in [3.05, 3.63) is 24.0 Å². The Kier molecular flexibility index (Phi) is 4.39. The zero-order valence-electron chi connectivity index (χ0n) is 11.8. The lowest BCUT2D eigenvalue weighted by atomic mass is 10.3. The van der Waals surface area contributed by atoms with E-state index in [1.807, 2.05) is 39.2 Å². The summed E-state index contributed by atoms with van der Waals surface area (Å²) in [5.41, 5.74) is 1.91. The molecule has 104 valence electrons. The van der Waals surface area contributed by atoms with Crippen LogP contribution in [0.2, 0.25) is 0 Å². The minimum Gasteiger partial charge on any atom is -0.494 e. The lowest BCUT2D eigenvalue weighted by Crippen LogP contribution is -2.19. The van der Waals surface area contributed by atoms with Gasteiger partial charge in [0.1, 0.15) is 18.2 Å². The number of imidazole rings is 1. The van der Waals surface area contributed by atoms with E-state index in [2.05, 4.69) is 14.5 Å². The predicted octanol–water partition coefficient (Wildman–Crippen LogP) is 1.49. The third kappa shape index (κ3) is 3.05. The molecule has 0 saturated carbocycles. The SMILES string of the molecule is CCOc1ccc2c(c1)nc(CO)n2CCN(C)C. The number of likely N-dealkylation sites (N-methyl/N-ethyl adjacent to an activating group) is 1. The Morgan fingerprint density at radius 3 is 2.79 bits per heavy atom. The summed E-state index contributed by atoms with van der Waals surface area (Å²) < 4.78 is 7.54. The molecule has 1 heterocycles. The van der Waals surface area contributed by atoms with E-state index in [9.17, 15) is 5.11 Å². The smallest absolute Gasteiger partial charge is 0.135 e. The average Bonchev–Trinajstić information content (AvgIpc) is 2.73. The van der Waals surface area contributed by atoms with Gasteiger partial charge in [0.2, 0.25) is 0 Å². The largest absolute Gasteiger partial charge is 0.494 e. The van der Waals surface area contributed by atoms with Gasteiger partial charge in [0, 0.05) is 19.2 Å². The van der Waals surface area contributed by atoms with Crippen molar-refractivity contribution in [2.75, 3.05) is 27.2 Å². The maximum absolute atomic E-state index is 9.43. The van der Waals surface area contributed by atoms with Crippen molar-refractivity contribution in [1.29, 1.82) is 0 Å². The molecule has 2 aromatic rings. The van der Waals surface area contributed by atoms with Crippen LogP contribution in [0.25, 0.3) is 11.0 Å². The molecular formula is C14H21N3O2. The van der Waals surface area contributed by atoms with Gasteiger partial charge < -0.3 is 19.3 Å². The normalized spacial score (nSPS) is 11.4. The number of rotatable bonds is 6. The fourth-order valence-electron chi connectivity index (χ4n) is 2.09.